The van der Waals surface area contributed by atoms with E-state index in [-0.39, 0.29) is 28.9 Å². The maximum absolute atomic E-state index is 14.2. The topological polar surface area (TPSA) is 35.5 Å². The fraction of sp³-hybridized carbons (Fsp3) is 0.0952. The van der Waals surface area contributed by atoms with Gasteiger partial charge in [-0.2, -0.15) is 0 Å². The number of hydrogen-bond donors (Lipinski definition) is 0. The molecule has 3 aromatic rings. The summed E-state index contributed by atoms with van der Waals surface area (Å²) in [5.41, 5.74) is -0.958. The molecule has 29 heavy (non-hydrogen) atoms. The predicted octanol–water partition coefficient (Wildman–Crippen LogP) is 5.71. The number of carbonyl (C=O) groups excluding carboxylic acids is 1. The lowest BCUT2D eigenvalue weighted by atomic mass is 10.1. The number of carbonyl (C=O) groups is 1. The van der Waals surface area contributed by atoms with Crippen LogP contribution in [-0.4, -0.2) is 12.6 Å². The van der Waals surface area contributed by atoms with E-state index in [1.165, 1.54) is 0 Å². The SMILES string of the molecule is CC=CCOc1cc(F)c(C(=O)Oc2ccc3c(F)c(F)c(F)cc3c2)c(F)c1. The van der Waals surface area contributed by atoms with Crippen molar-refractivity contribution in [1.29, 1.82) is 0 Å². The molecule has 0 fully saturated rings. The van der Waals surface area contributed by atoms with E-state index in [1.54, 1.807) is 19.1 Å². The van der Waals surface area contributed by atoms with E-state index in [1.807, 2.05) is 0 Å². The average molecular weight is 408 g/mol. The van der Waals surface area contributed by atoms with Gasteiger partial charge in [-0.05, 0) is 36.6 Å². The first-order valence-corrected chi connectivity index (χ1v) is 8.34. The van der Waals surface area contributed by atoms with Crippen molar-refractivity contribution < 1.29 is 36.2 Å². The Bertz CT molecular complexity index is 1100. The van der Waals surface area contributed by atoms with Gasteiger partial charge in [0.15, 0.2) is 17.5 Å². The van der Waals surface area contributed by atoms with Crippen molar-refractivity contribution in [3.8, 4) is 11.5 Å². The Balaban J connectivity index is 1.87. The third kappa shape index (κ3) is 4.21. The molecular formula is C21H13F5O3. The Morgan fingerprint density at radius 2 is 1.59 bits per heavy atom. The smallest absolute Gasteiger partial charge is 0.349 e. The first kappa shape index (κ1) is 20.3. The molecule has 0 saturated heterocycles. The van der Waals surface area contributed by atoms with Crippen LogP contribution in [0.3, 0.4) is 0 Å². The third-order valence-corrected chi connectivity index (χ3v) is 3.96. The van der Waals surface area contributed by atoms with Crippen LogP contribution < -0.4 is 9.47 Å². The van der Waals surface area contributed by atoms with Crippen molar-refractivity contribution in [3.05, 3.63) is 83.2 Å². The Hall–Kier alpha value is -3.42. The zero-order valence-electron chi connectivity index (χ0n) is 14.9. The van der Waals surface area contributed by atoms with Crippen LogP contribution in [0.1, 0.15) is 17.3 Å². The molecule has 0 aliphatic rings. The van der Waals surface area contributed by atoms with E-state index < -0.39 is 40.6 Å². The van der Waals surface area contributed by atoms with E-state index >= 15 is 0 Å². The zero-order chi connectivity index (χ0) is 21.1. The molecule has 0 amide bonds. The van der Waals surface area contributed by atoms with Gasteiger partial charge >= 0.3 is 5.97 Å². The fourth-order valence-electron chi connectivity index (χ4n) is 2.57. The molecule has 3 nitrogen and oxygen atoms in total. The summed E-state index contributed by atoms with van der Waals surface area (Å²) >= 11 is 0. The molecule has 0 bridgehead atoms. The fourth-order valence-corrected chi connectivity index (χ4v) is 2.57. The summed E-state index contributed by atoms with van der Waals surface area (Å²) in [6.07, 6.45) is 3.31. The molecule has 0 aromatic heterocycles. The lowest BCUT2D eigenvalue weighted by Gasteiger charge is -2.10. The minimum absolute atomic E-state index is 0.0873. The molecule has 150 valence electrons. The summed E-state index contributed by atoms with van der Waals surface area (Å²) in [7, 11) is 0. The van der Waals surface area contributed by atoms with Crippen molar-refractivity contribution >= 4 is 16.7 Å². The highest BCUT2D eigenvalue weighted by atomic mass is 19.2. The highest BCUT2D eigenvalue weighted by Crippen LogP contribution is 2.28. The van der Waals surface area contributed by atoms with Crippen molar-refractivity contribution in [2.75, 3.05) is 6.61 Å². The second-order valence-electron chi connectivity index (χ2n) is 5.90. The van der Waals surface area contributed by atoms with Gasteiger partial charge in [-0.15, -0.1) is 0 Å². The number of hydrogen-bond acceptors (Lipinski definition) is 3. The van der Waals surface area contributed by atoms with Gasteiger partial charge in [-0.3, -0.25) is 0 Å². The Morgan fingerprint density at radius 3 is 2.24 bits per heavy atom. The van der Waals surface area contributed by atoms with E-state index in [9.17, 15) is 26.7 Å². The number of allylic oxidation sites excluding steroid dienone is 1. The normalized spacial score (nSPS) is 11.2. The molecule has 0 heterocycles. The monoisotopic (exact) mass is 408 g/mol. The molecular weight excluding hydrogens is 395 g/mol. The molecule has 0 aliphatic heterocycles. The van der Waals surface area contributed by atoms with Gasteiger partial charge in [0.05, 0.1) is 0 Å². The minimum Gasteiger partial charge on any atom is -0.489 e. The van der Waals surface area contributed by atoms with Crippen molar-refractivity contribution in [2.45, 2.75) is 6.92 Å². The van der Waals surface area contributed by atoms with Crippen LogP contribution in [0.2, 0.25) is 0 Å². The van der Waals surface area contributed by atoms with Gasteiger partial charge in [-0.1, -0.05) is 12.2 Å². The molecule has 0 radical (unpaired) electrons. The summed E-state index contributed by atoms with van der Waals surface area (Å²) in [5.74, 6) is -8.58. The highest BCUT2D eigenvalue weighted by molar-refractivity contribution is 5.93. The molecule has 3 aromatic carbocycles. The summed E-state index contributed by atoms with van der Waals surface area (Å²) in [5, 5.41) is -0.343. The van der Waals surface area contributed by atoms with Gasteiger partial charge in [-0.25, -0.2) is 26.7 Å². The highest BCUT2D eigenvalue weighted by Gasteiger charge is 2.22. The van der Waals surface area contributed by atoms with Crippen LogP contribution in [0.25, 0.3) is 10.8 Å². The molecule has 0 N–H and O–H groups in total. The molecule has 3 rings (SSSR count). The third-order valence-electron chi connectivity index (χ3n) is 3.96. The maximum atomic E-state index is 14.2. The zero-order valence-corrected chi connectivity index (χ0v) is 14.9. The van der Waals surface area contributed by atoms with E-state index in [4.69, 9.17) is 9.47 Å². The maximum Gasteiger partial charge on any atom is 0.349 e. The minimum atomic E-state index is -1.64. The van der Waals surface area contributed by atoms with Gasteiger partial charge in [0.1, 0.15) is 35.3 Å². The first-order valence-electron chi connectivity index (χ1n) is 8.34. The van der Waals surface area contributed by atoms with E-state index in [2.05, 4.69) is 0 Å². The molecule has 8 heteroatoms. The van der Waals surface area contributed by atoms with Gasteiger partial charge in [0.25, 0.3) is 0 Å². The van der Waals surface area contributed by atoms with Crippen molar-refractivity contribution in [3.63, 3.8) is 0 Å². The Kier molecular flexibility index (Phi) is 5.81. The summed E-state index contributed by atoms with van der Waals surface area (Å²) in [6, 6.07) is 5.56. The number of benzene rings is 3. The lowest BCUT2D eigenvalue weighted by molar-refractivity contribution is 0.0724. The largest absolute Gasteiger partial charge is 0.489 e. The van der Waals surface area contributed by atoms with Crippen LogP contribution >= 0.6 is 0 Å². The molecule has 0 spiro atoms. The average Bonchev–Trinajstić information content (AvgIpc) is 2.66. The van der Waals surface area contributed by atoms with Gasteiger partial charge in [0, 0.05) is 17.5 Å². The first-order chi connectivity index (χ1) is 13.8. The second-order valence-corrected chi connectivity index (χ2v) is 5.90. The summed E-state index contributed by atoms with van der Waals surface area (Å²) < 4.78 is 78.8. The second kappa shape index (κ2) is 8.30. The Morgan fingerprint density at radius 1 is 0.897 bits per heavy atom. The van der Waals surface area contributed by atoms with Crippen molar-refractivity contribution in [2.24, 2.45) is 0 Å². The van der Waals surface area contributed by atoms with Crippen LogP contribution in [-0.2, 0) is 0 Å². The standard InChI is InChI=1S/C21H13F5O3/c1-2-3-6-28-13-9-15(22)18(16(23)10-13)21(27)29-12-4-5-14-11(7-12)8-17(24)20(26)19(14)25/h2-5,7-10H,6H2,1H3. The number of esters is 1. The quantitative estimate of drug-likeness (QED) is 0.178. The van der Waals surface area contributed by atoms with Crippen molar-refractivity contribution in [1.82, 2.24) is 0 Å². The number of fused-ring (bicyclic) bond motifs is 1. The van der Waals surface area contributed by atoms with E-state index in [0.717, 1.165) is 30.3 Å². The van der Waals surface area contributed by atoms with Crippen LogP contribution in [0, 0.1) is 29.1 Å². The summed E-state index contributed by atoms with van der Waals surface area (Å²) in [6.45, 7) is 1.83. The van der Waals surface area contributed by atoms with E-state index in [0.29, 0.717) is 6.07 Å². The number of ether oxygens (including phenoxy) is 2. The molecule has 0 atom stereocenters. The van der Waals surface area contributed by atoms with Crippen LogP contribution in [0.15, 0.2) is 48.6 Å². The van der Waals surface area contributed by atoms with Gasteiger partial charge in [0.2, 0.25) is 0 Å². The van der Waals surface area contributed by atoms with Gasteiger partial charge < -0.3 is 9.47 Å². The summed E-state index contributed by atoms with van der Waals surface area (Å²) in [4.78, 5) is 12.2. The predicted molar refractivity (Wildman–Crippen MR) is 95.4 cm³/mol. The molecule has 0 aliphatic carbocycles. The number of halogens is 5. The Labute approximate surface area is 162 Å². The molecule has 0 unspecified atom stereocenters. The van der Waals surface area contributed by atoms with Crippen LogP contribution in [0.5, 0.6) is 11.5 Å². The van der Waals surface area contributed by atoms with Crippen LogP contribution in [0.4, 0.5) is 22.0 Å². The lowest BCUT2D eigenvalue weighted by Crippen LogP contribution is -2.13. The molecule has 0 saturated carbocycles. The number of rotatable bonds is 5.